The summed E-state index contributed by atoms with van der Waals surface area (Å²) in [5, 5.41) is 23.1. The molecule has 53 heavy (non-hydrogen) atoms. The van der Waals surface area contributed by atoms with Gasteiger partial charge < -0.3 is 15.5 Å². The summed E-state index contributed by atoms with van der Waals surface area (Å²) < 4.78 is 0. The number of rotatable bonds is 46. The van der Waals surface area contributed by atoms with Crippen molar-refractivity contribution in [2.45, 2.75) is 302 Å². The molecule has 0 aliphatic heterocycles. The van der Waals surface area contributed by atoms with E-state index >= 15 is 0 Å². The normalized spacial score (nSPS) is 12.8. The standard InChI is InChI=1S/C49H99NO3/c1-3-5-7-9-11-13-15-16-17-18-19-20-21-22-23-24-25-26-27-28-29-30-31-32-33-35-37-39-41-43-45-49(53)50-47(46-51)48(52)44-42-40-38-36-34-14-12-10-8-6-4-2/h47-48,51-52H,3-46H2,1-2H3,(H,50,53). The van der Waals surface area contributed by atoms with Crippen LogP contribution in [0.15, 0.2) is 0 Å². The second-order valence-corrected chi connectivity index (χ2v) is 17.3. The van der Waals surface area contributed by atoms with Crippen LogP contribution < -0.4 is 5.32 Å². The van der Waals surface area contributed by atoms with E-state index in [9.17, 15) is 15.0 Å². The van der Waals surface area contributed by atoms with Crippen LogP contribution in [0, 0.1) is 0 Å². The lowest BCUT2D eigenvalue weighted by Gasteiger charge is -2.22. The molecule has 2 unspecified atom stereocenters. The van der Waals surface area contributed by atoms with Crippen molar-refractivity contribution in [1.82, 2.24) is 5.32 Å². The molecule has 2 atom stereocenters. The molecule has 318 valence electrons. The maximum Gasteiger partial charge on any atom is 0.220 e. The van der Waals surface area contributed by atoms with Gasteiger partial charge in [0.15, 0.2) is 0 Å². The van der Waals surface area contributed by atoms with Crippen molar-refractivity contribution in [1.29, 1.82) is 0 Å². The van der Waals surface area contributed by atoms with E-state index in [1.54, 1.807) is 0 Å². The third-order valence-corrected chi connectivity index (χ3v) is 11.9. The van der Waals surface area contributed by atoms with Crippen LogP contribution in [0.1, 0.15) is 290 Å². The van der Waals surface area contributed by atoms with E-state index in [2.05, 4.69) is 19.2 Å². The van der Waals surface area contributed by atoms with Gasteiger partial charge in [-0.3, -0.25) is 4.79 Å². The molecule has 0 bridgehead atoms. The molecular formula is C49H99NO3. The van der Waals surface area contributed by atoms with Gasteiger partial charge in [0.2, 0.25) is 5.91 Å². The number of amides is 1. The van der Waals surface area contributed by atoms with Crippen molar-refractivity contribution in [3.63, 3.8) is 0 Å². The summed E-state index contributed by atoms with van der Waals surface area (Å²) in [6.45, 7) is 4.38. The molecular weight excluding hydrogens is 651 g/mol. The Morgan fingerprint density at radius 2 is 0.604 bits per heavy atom. The molecule has 0 heterocycles. The Morgan fingerprint density at radius 3 is 0.849 bits per heavy atom. The van der Waals surface area contributed by atoms with Crippen molar-refractivity contribution in [2.24, 2.45) is 0 Å². The molecule has 0 saturated carbocycles. The van der Waals surface area contributed by atoms with Gasteiger partial charge in [-0.15, -0.1) is 0 Å². The average Bonchev–Trinajstić information content (AvgIpc) is 3.16. The molecule has 0 radical (unpaired) electrons. The third-order valence-electron chi connectivity index (χ3n) is 11.9. The number of aliphatic hydroxyl groups excluding tert-OH is 2. The van der Waals surface area contributed by atoms with E-state index in [4.69, 9.17) is 0 Å². The highest BCUT2D eigenvalue weighted by molar-refractivity contribution is 5.76. The highest BCUT2D eigenvalue weighted by Gasteiger charge is 2.20. The Morgan fingerprint density at radius 1 is 0.377 bits per heavy atom. The van der Waals surface area contributed by atoms with Crippen LogP contribution in [-0.2, 0) is 4.79 Å². The largest absolute Gasteiger partial charge is 0.394 e. The van der Waals surface area contributed by atoms with E-state index in [-0.39, 0.29) is 12.5 Å². The first kappa shape index (κ1) is 52.4. The molecule has 0 spiro atoms. The van der Waals surface area contributed by atoms with Crippen LogP contribution in [0.5, 0.6) is 0 Å². The van der Waals surface area contributed by atoms with Crippen LogP contribution in [0.2, 0.25) is 0 Å². The fourth-order valence-electron chi connectivity index (χ4n) is 8.07. The first-order chi connectivity index (χ1) is 26.2. The Balaban J connectivity index is 3.35. The molecule has 0 aliphatic carbocycles. The van der Waals surface area contributed by atoms with Crippen molar-refractivity contribution >= 4 is 5.91 Å². The minimum absolute atomic E-state index is 0.0257. The SMILES string of the molecule is CCCCCCCCCCCCCCCCCCCCCCCCCCCCCCCCC(=O)NC(CO)C(O)CCCCCCCCCCCCC. The molecule has 0 saturated heterocycles. The number of carbonyl (C=O) groups is 1. The lowest BCUT2D eigenvalue weighted by atomic mass is 10.0. The van der Waals surface area contributed by atoms with Crippen molar-refractivity contribution in [3.8, 4) is 0 Å². The molecule has 0 aromatic carbocycles. The van der Waals surface area contributed by atoms with Gasteiger partial charge in [-0.25, -0.2) is 0 Å². The predicted octanol–water partition coefficient (Wildman–Crippen LogP) is 15.6. The van der Waals surface area contributed by atoms with Crippen LogP contribution in [0.4, 0.5) is 0 Å². The number of hydrogen-bond donors (Lipinski definition) is 3. The van der Waals surface area contributed by atoms with Gasteiger partial charge in [-0.05, 0) is 12.8 Å². The summed E-state index contributed by atoms with van der Waals surface area (Å²) in [7, 11) is 0. The summed E-state index contributed by atoms with van der Waals surface area (Å²) in [4.78, 5) is 12.4. The second-order valence-electron chi connectivity index (χ2n) is 17.3. The quantitative estimate of drug-likeness (QED) is 0.0543. The highest BCUT2D eigenvalue weighted by atomic mass is 16.3. The van der Waals surface area contributed by atoms with E-state index < -0.39 is 12.1 Å². The van der Waals surface area contributed by atoms with Gasteiger partial charge >= 0.3 is 0 Å². The molecule has 0 fully saturated rings. The van der Waals surface area contributed by atoms with Gasteiger partial charge in [0, 0.05) is 6.42 Å². The zero-order valence-electron chi connectivity index (χ0n) is 36.6. The molecule has 0 aliphatic rings. The predicted molar refractivity (Wildman–Crippen MR) is 235 cm³/mol. The molecule has 4 nitrogen and oxygen atoms in total. The van der Waals surface area contributed by atoms with Gasteiger partial charge in [0.25, 0.3) is 0 Å². The summed E-state index contributed by atoms with van der Waals surface area (Å²) in [6, 6.07) is -0.529. The number of carbonyl (C=O) groups excluding carboxylic acids is 1. The maximum absolute atomic E-state index is 12.4. The molecule has 0 aromatic rings. The second kappa shape index (κ2) is 45.8. The minimum Gasteiger partial charge on any atom is -0.394 e. The van der Waals surface area contributed by atoms with Crippen molar-refractivity contribution in [3.05, 3.63) is 0 Å². The molecule has 3 N–H and O–H groups in total. The molecule has 0 aromatic heterocycles. The number of aliphatic hydroxyl groups is 2. The van der Waals surface area contributed by atoms with Crippen LogP contribution in [-0.4, -0.2) is 34.9 Å². The summed E-state index contributed by atoms with van der Waals surface area (Å²) >= 11 is 0. The Labute approximate surface area is 334 Å². The first-order valence-electron chi connectivity index (χ1n) is 24.7. The highest BCUT2D eigenvalue weighted by Crippen LogP contribution is 2.18. The minimum atomic E-state index is -0.652. The summed E-state index contributed by atoms with van der Waals surface area (Å²) in [5.41, 5.74) is 0. The number of nitrogens with one attached hydrogen (secondary N) is 1. The maximum atomic E-state index is 12.4. The molecule has 4 heteroatoms. The molecule has 0 rings (SSSR count). The van der Waals surface area contributed by atoms with Gasteiger partial charge in [-0.1, -0.05) is 271 Å². The van der Waals surface area contributed by atoms with Crippen molar-refractivity contribution in [2.75, 3.05) is 6.61 Å². The van der Waals surface area contributed by atoms with E-state index in [0.717, 1.165) is 25.7 Å². The molecule has 1 amide bonds. The van der Waals surface area contributed by atoms with E-state index in [1.807, 2.05) is 0 Å². The zero-order valence-corrected chi connectivity index (χ0v) is 36.6. The Kier molecular flexibility index (Phi) is 45.3. The van der Waals surface area contributed by atoms with Crippen LogP contribution in [0.25, 0.3) is 0 Å². The Bertz CT molecular complexity index is 685. The summed E-state index contributed by atoms with van der Waals surface area (Å²) in [6.07, 6.45) is 56.5. The Hall–Kier alpha value is -0.610. The number of unbranched alkanes of at least 4 members (excludes halogenated alkanes) is 39. The fraction of sp³-hybridized carbons (Fsp3) is 0.980. The van der Waals surface area contributed by atoms with Gasteiger partial charge in [-0.2, -0.15) is 0 Å². The van der Waals surface area contributed by atoms with Crippen molar-refractivity contribution < 1.29 is 15.0 Å². The third kappa shape index (κ3) is 42.4. The monoisotopic (exact) mass is 750 g/mol. The van der Waals surface area contributed by atoms with Crippen LogP contribution >= 0.6 is 0 Å². The van der Waals surface area contributed by atoms with E-state index in [1.165, 1.54) is 238 Å². The fourth-order valence-corrected chi connectivity index (χ4v) is 8.07. The zero-order chi connectivity index (χ0) is 38.6. The van der Waals surface area contributed by atoms with Gasteiger partial charge in [0.05, 0.1) is 18.8 Å². The van der Waals surface area contributed by atoms with E-state index in [0.29, 0.717) is 12.8 Å². The smallest absolute Gasteiger partial charge is 0.220 e. The topological polar surface area (TPSA) is 69.6 Å². The lowest BCUT2D eigenvalue weighted by molar-refractivity contribution is -0.123. The summed E-state index contributed by atoms with van der Waals surface area (Å²) in [5.74, 6) is -0.0257. The van der Waals surface area contributed by atoms with Gasteiger partial charge in [0.1, 0.15) is 0 Å². The van der Waals surface area contributed by atoms with Crippen LogP contribution in [0.3, 0.4) is 0 Å². The lowest BCUT2D eigenvalue weighted by Crippen LogP contribution is -2.45. The number of hydrogen-bond acceptors (Lipinski definition) is 3. The first-order valence-corrected chi connectivity index (χ1v) is 24.7. The average molecular weight is 750 g/mol.